The summed E-state index contributed by atoms with van der Waals surface area (Å²) in [7, 11) is 3.84. The van der Waals surface area contributed by atoms with Gasteiger partial charge in [0.25, 0.3) is 0 Å². The van der Waals surface area contributed by atoms with Gasteiger partial charge in [0.2, 0.25) is 0 Å². The lowest BCUT2D eigenvalue weighted by Gasteiger charge is -2.58. The summed E-state index contributed by atoms with van der Waals surface area (Å²) < 4.78 is 11.2. The molecule has 1 aliphatic carbocycles. The number of aryl methyl sites for hydroxylation is 1. The van der Waals surface area contributed by atoms with Crippen molar-refractivity contribution in [3.63, 3.8) is 0 Å². The fourth-order valence-electron chi connectivity index (χ4n) is 4.53. The molecule has 116 valence electrons. The Morgan fingerprint density at radius 2 is 1.95 bits per heavy atom. The summed E-state index contributed by atoms with van der Waals surface area (Å²) in [6, 6.07) is 6.58. The van der Waals surface area contributed by atoms with E-state index in [9.17, 15) is 0 Å². The monoisotopic (exact) mass is 289 g/mol. The predicted octanol–water partition coefficient (Wildman–Crippen LogP) is 3.05. The van der Waals surface area contributed by atoms with Crippen molar-refractivity contribution >= 4 is 0 Å². The summed E-state index contributed by atoms with van der Waals surface area (Å²) in [6.07, 6.45) is 4.94. The normalized spacial score (nSPS) is 22.8. The number of nitrogens with one attached hydrogen (secondary N) is 1. The molecule has 1 aromatic rings. The van der Waals surface area contributed by atoms with Gasteiger partial charge in [-0.1, -0.05) is 17.7 Å². The van der Waals surface area contributed by atoms with Crippen LogP contribution in [0, 0.1) is 12.3 Å². The zero-order valence-corrected chi connectivity index (χ0v) is 13.5. The molecule has 21 heavy (non-hydrogen) atoms. The standard InChI is InChI=1S/C18H27NO2/c1-14-4-5-16(20-3)15(10-14)18(13-19-2)11-17(12-18)6-8-21-9-7-17/h4-5,10,19H,6-9,11-13H2,1-3H3. The highest BCUT2D eigenvalue weighted by atomic mass is 16.5. The first-order chi connectivity index (χ1) is 10.1. The van der Waals surface area contributed by atoms with Crippen molar-refractivity contribution in [3.05, 3.63) is 29.3 Å². The van der Waals surface area contributed by atoms with E-state index >= 15 is 0 Å². The molecule has 1 saturated heterocycles. The number of rotatable bonds is 4. The molecule has 0 radical (unpaired) electrons. The van der Waals surface area contributed by atoms with Crippen LogP contribution in [-0.2, 0) is 10.2 Å². The number of benzene rings is 1. The van der Waals surface area contributed by atoms with Crippen LogP contribution in [0.1, 0.15) is 36.8 Å². The number of hydrogen-bond donors (Lipinski definition) is 1. The third-order valence-corrected chi connectivity index (χ3v) is 5.42. The van der Waals surface area contributed by atoms with E-state index in [1.807, 2.05) is 0 Å². The maximum Gasteiger partial charge on any atom is 0.122 e. The van der Waals surface area contributed by atoms with Crippen molar-refractivity contribution in [2.45, 2.75) is 38.0 Å². The Morgan fingerprint density at radius 3 is 2.57 bits per heavy atom. The topological polar surface area (TPSA) is 30.5 Å². The molecule has 1 heterocycles. The van der Waals surface area contributed by atoms with Gasteiger partial charge in [0.05, 0.1) is 7.11 Å². The fourth-order valence-corrected chi connectivity index (χ4v) is 4.53. The maximum absolute atomic E-state index is 5.65. The number of ether oxygens (including phenoxy) is 2. The molecule has 2 fully saturated rings. The van der Waals surface area contributed by atoms with Crippen LogP contribution in [-0.4, -0.2) is 33.9 Å². The van der Waals surface area contributed by atoms with E-state index in [-0.39, 0.29) is 5.41 Å². The molecule has 0 bridgehead atoms. The van der Waals surface area contributed by atoms with Crippen LogP contribution in [0.3, 0.4) is 0 Å². The summed E-state index contributed by atoms with van der Waals surface area (Å²) in [5.41, 5.74) is 3.43. The van der Waals surface area contributed by atoms with Crippen LogP contribution in [0.2, 0.25) is 0 Å². The minimum atomic E-state index is 0.226. The zero-order valence-electron chi connectivity index (χ0n) is 13.5. The minimum absolute atomic E-state index is 0.226. The first-order valence-electron chi connectivity index (χ1n) is 8.01. The Hall–Kier alpha value is -1.06. The molecular formula is C18H27NO2. The summed E-state index contributed by atoms with van der Waals surface area (Å²) in [5.74, 6) is 1.04. The van der Waals surface area contributed by atoms with Gasteiger partial charge in [0.15, 0.2) is 0 Å². The average Bonchev–Trinajstić information content (AvgIpc) is 2.46. The molecular weight excluding hydrogens is 262 g/mol. The lowest BCUT2D eigenvalue weighted by Crippen LogP contribution is -2.56. The smallest absolute Gasteiger partial charge is 0.122 e. The van der Waals surface area contributed by atoms with Gasteiger partial charge in [0.1, 0.15) is 5.75 Å². The second-order valence-corrected chi connectivity index (χ2v) is 6.98. The van der Waals surface area contributed by atoms with E-state index in [0.717, 1.165) is 25.5 Å². The zero-order chi connectivity index (χ0) is 14.9. The van der Waals surface area contributed by atoms with E-state index in [4.69, 9.17) is 9.47 Å². The summed E-state index contributed by atoms with van der Waals surface area (Å²) in [6.45, 7) is 5.05. The van der Waals surface area contributed by atoms with Crippen LogP contribution < -0.4 is 10.1 Å². The van der Waals surface area contributed by atoms with E-state index in [1.165, 1.54) is 36.8 Å². The number of hydrogen-bond acceptors (Lipinski definition) is 3. The molecule has 0 unspecified atom stereocenters. The lowest BCUT2D eigenvalue weighted by molar-refractivity contribution is -0.0737. The van der Waals surface area contributed by atoms with Crippen molar-refractivity contribution in [2.24, 2.45) is 5.41 Å². The highest BCUT2D eigenvalue weighted by molar-refractivity contribution is 5.45. The highest BCUT2D eigenvalue weighted by Crippen LogP contribution is 2.61. The summed E-state index contributed by atoms with van der Waals surface area (Å²) in [4.78, 5) is 0. The molecule has 0 atom stereocenters. The van der Waals surface area contributed by atoms with Crippen molar-refractivity contribution in [1.29, 1.82) is 0 Å². The van der Waals surface area contributed by atoms with Crippen molar-refractivity contribution in [1.82, 2.24) is 5.32 Å². The average molecular weight is 289 g/mol. The largest absolute Gasteiger partial charge is 0.496 e. The van der Waals surface area contributed by atoms with E-state index < -0.39 is 0 Å². The second-order valence-electron chi connectivity index (χ2n) is 6.98. The number of likely N-dealkylation sites (N-methyl/N-ethyl adjacent to an activating group) is 1. The van der Waals surface area contributed by atoms with Crippen LogP contribution >= 0.6 is 0 Å². The van der Waals surface area contributed by atoms with Crippen molar-refractivity contribution in [2.75, 3.05) is 33.9 Å². The summed E-state index contributed by atoms with van der Waals surface area (Å²) >= 11 is 0. The van der Waals surface area contributed by atoms with E-state index in [2.05, 4.69) is 37.5 Å². The first kappa shape index (κ1) is 14.9. The Morgan fingerprint density at radius 1 is 1.24 bits per heavy atom. The van der Waals surface area contributed by atoms with Gasteiger partial charge in [-0.15, -0.1) is 0 Å². The Labute approximate surface area is 128 Å². The quantitative estimate of drug-likeness (QED) is 0.924. The lowest BCUT2D eigenvalue weighted by atomic mass is 9.48. The van der Waals surface area contributed by atoms with Crippen LogP contribution in [0.5, 0.6) is 5.75 Å². The molecule has 0 aromatic heterocycles. The van der Waals surface area contributed by atoms with Gasteiger partial charge < -0.3 is 14.8 Å². The van der Waals surface area contributed by atoms with Gasteiger partial charge in [-0.3, -0.25) is 0 Å². The molecule has 1 N–H and O–H groups in total. The third-order valence-electron chi connectivity index (χ3n) is 5.42. The van der Waals surface area contributed by atoms with Gasteiger partial charge in [-0.2, -0.15) is 0 Å². The molecule has 1 aromatic carbocycles. The fraction of sp³-hybridized carbons (Fsp3) is 0.667. The highest BCUT2D eigenvalue weighted by Gasteiger charge is 2.55. The second kappa shape index (κ2) is 5.62. The summed E-state index contributed by atoms with van der Waals surface area (Å²) in [5, 5.41) is 3.41. The first-order valence-corrected chi connectivity index (χ1v) is 8.01. The van der Waals surface area contributed by atoms with Crippen molar-refractivity contribution in [3.8, 4) is 5.75 Å². The molecule has 3 nitrogen and oxygen atoms in total. The Kier molecular flexibility index (Phi) is 3.98. The van der Waals surface area contributed by atoms with E-state index in [1.54, 1.807) is 7.11 Å². The maximum atomic E-state index is 5.65. The van der Waals surface area contributed by atoms with Gasteiger partial charge >= 0.3 is 0 Å². The molecule has 2 aliphatic rings. The van der Waals surface area contributed by atoms with Crippen LogP contribution in [0.4, 0.5) is 0 Å². The van der Waals surface area contributed by atoms with Gasteiger partial charge in [-0.25, -0.2) is 0 Å². The number of methoxy groups -OCH3 is 1. The van der Waals surface area contributed by atoms with Crippen LogP contribution in [0.15, 0.2) is 18.2 Å². The SMILES string of the molecule is CNCC1(c2cc(C)ccc2OC)CC2(CCOCC2)C1. The molecule has 0 amide bonds. The molecule has 3 heteroatoms. The Balaban J connectivity index is 1.91. The van der Waals surface area contributed by atoms with Gasteiger partial charge in [0, 0.05) is 30.7 Å². The van der Waals surface area contributed by atoms with Crippen molar-refractivity contribution < 1.29 is 9.47 Å². The molecule has 1 saturated carbocycles. The Bertz CT molecular complexity index is 498. The van der Waals surface area contributed by atoms with E-state index in [0.29, 0.717) is 5.41 Å². The van der Waals surface area contributed by atoms with Crippen LogP contribution in [0.25, 0.3) is 0 Å². The predicted molar refractivity (Wildman–Crippen MR) is 85.1 cm³/mol. The molecule has 3 rings (SSSR count). The van der Waals surface area contributed by atoms with Gasteiger partial charge in [-0.05, 0) is 51.1 Å². The minimum Gasteiger partial charge on any atom is -0.496 e. The molecule has 1 aliphatic heterocycles. The third kappa shape index (κ3) is 2.58. The molecule has 1 spiro atoms.